The van der Waals surface area contributed by atoms with Crippen LogP contribution in [-0.2, 0) is 0 Å². The van der Waals surface area contributed by atoms with E-state index in [2.05, 4.69) is 4.98 Å². The Bertz CT molecular complexity index is 706. The van der Waals surface area contributed by atoms with Crippen molar-refractivity contribution in [2.45, 2.75) is 0 Å². The normalized spacial score (nSPS) is 10.7. The predicted octanol–water partition coefficient (Wildman–Crippen LogP) is 3.68. The number of nitrogens with zero attached hydrogens (tertiary/aromatic N) is 1. The standard InChI is InChI=1S/C14H11NO2S/c1-17-11-5-6-12-13(8-11)18-14(15-12)9-3-2-4-10(16)7-9/h2-8,16H,1H3. The topological polar surface area (TPSA) is 42.4 Å². The van der Waals surface area contributed by atoms with E-state index in [-0.39, 0.29) is 5.75 Å². The molecule has 0 saturated heterocycles. The van der Waals surface area contributed by atoms with Gasteiger partial charge in [-0.05, 0) is 30.3 Å². The molecule has 4 heteroatoms. The van der Waals surface area contributed by atoms with Crippen molar-refractivity contribution in [2.24, 2.45) is 0 Å². The van der Waals surface area contributed by atoms with E-state index in [1.807, 2.05) is 30.3 Å². The summed E-state index contributed by atoms with van der Waals surface area (Å²) in [7, 11) is 1.65. The number of rotatable bonds is 2. The highest BCUT2D eigenvalue weighted by atomic mass is 32.1. The Morgan fingerprint density at radius 3 is 2.83 bits per heavy atom. The molecule has 0 spiro atoms. The first-order chi connectivity index (χ1) is 8.76. The number of methoxy groups -OCH3 is 1. The van der Waals surface area contributed by atoms with Crippen LogP contribution in [0.3, 0.4) is 0 Å². The minimum Gasteiger partial charge on any atom is -0.508 e. The number of hydrogen-bond donors (Lipinski definition) is 1. The first-order valence-electron chi connectivity index (χ1n) is 5.50. The van der Waals surface area contributed by atoms with Crippen LogP contribution >= 0.6 is 11.3 Å². The number of hydrogen-bond acceptors (Lipinski definition) is 4. The quantitative estimate of drug-likeness (QED) is 0.761. The molecule has 0 unspecified atom stereocenters. The van der Waals surface area contributed by atoms with E-state index in [9.17, 15) is 5.11 Å². The molecule has 1 N–H and O–H groups in total. The lowest BCUT2D eigenvalue weighted by Gasteiger charge is -1.96. The highest BCUT2D eigenvalue weighted by Crippen LogP contribution is 2.33. The largest absolute Gasteiger partial charge is 0.508 e. The molecule has 0 saturated carbocycles. The maximum absolute atomic E-state index is 9.49. The average Bonchev–Trinajstić information content (AvgIpc) is 2.81. The molecule has 0 amide bonds. The Hall–Kier alpha value is -2.07. The zero-order valence-electron chi connectivity index (χ0n) is 9.75. The number of benzene rings is 2. The Kier molecular flexibility index (Phi) is 2.64. The summed E-state index contributed by atoms with van der Waals surface area (Å²) in [5.41, 5.74) is 1.87. The lowest BCUT2D eigenvalue weighted by Crippen LogP contribution is -1.80. The van der Waals surface area contributed by atoms with Crippen molar-refractivity contribution in [3.8, 4) is 22.1 Å². The van der Waals surface area contributed by atoms with Crippen molar-refractivity contribution in [1.29, 1.82) is 0 Å². The van der Waals surface area contributed by atoms with Crippen molar-refractivity contribution in [2.75, 3.05) is 7.11 Å². The second kappa shape index (κ2) is 4.31. The summed E-state index contributed by atoms with van der Waals surface area (Å²) in [4.78, 5) is 4.55. The molecule has 0 aliphatic rings. The summed E-state index contributed by atoms with van der Waals surface area (Å²) in [5.74, 6) is 1.08. The summed E-state index contributed by atoms with van der Waals surface area (Å²) in [6.07, 6.45) is 0. The highest BCUT2D eigenvalue weighted by Gasteiger charge is 2.07. The third kappa shape index (κ3) is 1.91. The fraction of sp³-hybridized carbons (Fsp3) is 0.0714. The molecule has 3 rings (SSSR count). The predicted molar refractivity (Wildman–Crippen MR) is 73.3 cm³/mol. The molecular weight excluding hydrogens is 246 g/mol. The van der Waals surface area contributed by atoms with E-state index in [1.54, 1.807) is 30.6 Å². The van der Waals surface area contributed by atoms with Crippen molar-refractivity contribution < 1.29 is 9.84 Å². The molecule has 0 fully saturated rings. The Labute approximate surface area is 108 Å². The molecular formula is C14H11NO2S. The number of aromatic nitrogens is 1. The second-order valence-electron chi connectivity index (χ2n) is 3.90. The van der Waals surface area contributed by atoms with Crippen LogP contribution < -0.4 is 4.74 Å². The lowest BCUT2D eigenvalue weighted by molar-refractivity contribution is 0.415. The third-order valence-corrected chi connectivity index (χ3v) is 3.76. The van der Waals surface area contributed by atoms with Crippen LogP contribution in [0.15, 0.2) is 42.5 Å². The van der Waals surface area contributed by atoms with Gasteiger partial charge >= 0.3 is 0 Å². The van der Waals surface area contributed by atoms with Gasteiger partial charge in [-0.1, -0.05) is 12.1 Å². The van der Waals surface area contributed by atoms with Crippen LogP contribution in [0.1, 0.15) is 0 Å². The molecule has 3 aromatic rings. The zero-order chi connectivity index (χ0) is 12.5. The van der Waals surface area contributed by atoms with Gasteiger partial charge in [-0.15, -0.1) is 11.3 Å². The van der Waals surface area contributed by atoms with Gasteiger partial charge in [-0.2, -0.15) is 0 Å². The second-order valence-corrected chi connectivity index (χ2v) is 4.93. The summed E-state index contributed by atoms with van der Waals surface area (Å²) in [6.45, 7) is 0. The number of thiazole rings is 1. The van der Waals surface area contributed by atoms with Crippen molar-refractivity contribution in [3.63, 3.8) is 0 Å². The molecule has 0 bridgehead atoms. The van der Waals surface area contributed by atoms with Crippen LogP contribution in [0.5, 0.6) is 11.5 Å². The van der Waals surface area contributed by atoms with Gasteiger partial charge in [0.15, 0.2) is 0 Å². The fourth-order valence-corrected chi connectivity index (χ4v) is 2.78. The molecule has 1 aromatic heterocycles. The van der Waals surface area contributed by atoms with E-state index in [0.717, 1.165) is 26.5 Å². The van der Waals surface area contributed by atoms with Crippen LogP contribution in [0.2, 0.25) is 0 Å². The van der Waals surface area contributed by atoms with Gasteiger partial charge in [0.05, 0.1) is 17.3 Å². The summed E-state index contributed by atoms with van der Waals surface area (Å²) in [5, 5.41) is 10.4. The van der Waals surface area contributed by atoms with Crippen LogP contribution in [-0.4, -0.2) is 17.2 Å². The van der Waals surface area contributed by atoms with E-state index in [0.29, 0.717) is 0 Å². The Morgan fingerprint density at radius 2 is 2.06 bits per heavy atom. The molecule has 0 aliphatic heterocycles. The maximum Gasteiger partial charge on any atom is 0.124 e. The number of ether oxygens (including phenoxy) is 1. The van der Waals surface area contributed by atoms with Gasteiger partial charge in [-0.3, -0.25) is 0 Å². The van der Waals surface area contributed by atoms with Gasteiger partial charge in [0.2, 0.25) is 0 Å². The first kappa shape index (κ1) is 11.0. The fourth-order valence-electron chi connectivity index (χ4n) is 1.79. The Balaban J connectivity index is 2.13. The lowest BCUT2D eigenvalue weighted by atomic mass is 10.2. The van der Waals surface area contributed by atoms with E-state index in [4.69, 9.17) is 4.74 Å². The first-order valence-corrected chi connectivity index (χ1v) is 6.32. The number of fused-ring (bicyclic) bond motifs is 1. The van der Waals surface area contributed by atoms with Gasteiger partial charge in [0, 0.05) is 5.56 Å². The molecule has 90 valence electrons. The van der Waals surface area contributed by atoms with Gasteiger partial charge < -0.3 is 9.84 Å². The third-order valence-electron chi connectivity index (χ3n) is 2.69. The molecule has 0 radical (unpaired) electrons. The van der Waals surface area contributed by atoms with Crippen LogP contribution in [0.4, 0.5) is 0 Å². The van der Waals surface area contributed by atoms with E-state index in [1.165, 1.54) is 0 Å². The minimum atomic E-state index is 0.254. The maximum atomic E-state index is 9.49. The smallest absolute Gasteiger partial charge is 0.124 e. The summed E-state index contributed by atoms with van der Waals surface area (Å²) >= 11 is 1.59. The SMILES string of the molecule is COc1ccc2nc(-c3cccc(O)c3)sc2c1. The molecule has 0 atom stereocenters. The number of phenols is 1. The van der Waals surface area contributed by atoms with E-state index >= 15 is 0 Å². The number of aromatic hydroxyl groups is 1. The minimum absolute atomic E-state index is 0.254. The van der Waals surface area contributed by atoms with Crippen LogP contribution in [0.25, 0.3) is 20.8 Å². The number of phenolic OH excluding ortho intramolecular Hbond substituents is 1. The van der Waals surface area contributed by atoms with Crippen molar-refractivity contribution >= 4 is 21.6 Å². The molecule has 2 aromatic carbocycles. The molecule has 0 aliphatic carbocycles. The monoisotopic (exact) mass is 257 g/mol. The highest BCUT2D eigenvalue weighted by molar-refractivity contribution is 7.21. The molecule has 1 heterocycles. The zero-order valence-corrected chi connectivity index (χ0v) is 10.6. The summed E-state index contributed by atoms with van der Waals surface area (Å²) in [6, 6.07) is 12.9. The molecule has 18 heavy (non-hydrogen) atoms. The van der Waals surface area contributed by atoms with Gasteiger partial charge in [0.25, 0.3) is 0 Å². The Morgan fingerprint density at radius 1 is 1.17 bits per heavy atom. The molecule has 3 nitrogen and oxygen atoms in total. The van der Waals surface area contributed by atoms with Gasteiger partial charge in [0.1, 0.15) is 16.5 Å². The van der Waals surface area contributed by atoms with Gasteiger partial charge in [-0.25, -0.2) is 4.98 Å². The van der Waals surface area contributed by atoms with Crippen LogP contribution in [0, 0.1) is 0 Å². The van der Waals surface area contributed by atoms with Crippen molar-refractivity contribution in [1.82, 2.24) is 4.98 Å². The van der Waals surface area contributed by atoms with Crippen molar-refractivity contribution in [3.05, 3.63) is 42.5 Å². The summed E-state index contributed by atoms with van der Waals surface area (Å²) < 4.78 is 6.27. The average molecular weight is 257 g/mol. The van der Waals surface area contributed by atoms with E-state index < -0.39 is 0 Å².